The Labute approximate surface area is 214 Å². The fourth-order valence-electron chi connectivity index (χ4n) is 5.31. The molecule has 8 nitrogen and oxygen atoms in total. The van der Waals surface area contributed by atoms with Crippen LogP contribution in [0.15, 0.2) is 35.0 Å². The predicted octanol–water partition coefficient (Wildman–Crippen LogP) is 2.21. The molecule has 5 rings (SSSR count). The van der Waals surface area contributed by atoms with E-state index >= 15 is 0 Å². The van der Waals surface area contributed by atoms with Crippen LogP contribution in [-0.4, -0.2) is 64.6 Å². The van der Waals surface area contributed by atoms with Crippen molar-refractivity contribution >= 4 is 34.8 Å². The van der Waals surface area contributed by atoms with Gasteiger partial charge < -0.3 is 21.1 Å². The van der Waals surface area contributed by atoms with Crippen molar-refractivity contribution in [2.24, 2.45) is 5.92 Å². The average Bonchev–Trinajstić information content (AvgIpc) is 3.47. The number of amides is 2. The lowest BCUT2D eigenvalue weighted by Gasteiger charge is -2.32. The monoisotopic (exact) mass is 517 g/mol. The fraction of sp³-hybridized carbons (Fsp3) is 0.560. The highest BCUT2D eigenvalue weighted by molar-refractivity contribution is 7.13. The molecule has 4 atom stereocenters. The van der Waals surface area contributed by atoms with E-state index in [0.717, 1.165) is 68.7 Å². The Kier molecular flexibility index (Phi) is 7.57. The summed E-state index contributed by atoms with van der Waals surface area (Å²) in [7, 11) is 0. The number of hydrogen-bond donors (Lipinski definition) is 4. The minimum absolute atomic E-state index is 0.0515. The van der Waals surface area contributed by atoms with Crippen LogP contribution in [0.4, 0.5) is 0 Å². The Bertz CT molecular complexity index is 1070. The molecular formula is C25H32ClN5O3S. The number of nitrogens with zero attached hydrogens (tertiary/aromatic N) is 2. The molecule has 2 unspecified atom stereocenters. The lowest BCUT2D eigenvalue weighted by molar-refractivity contribution is -0.118. The van der Waals surface area contributed by atoms with Gasteiger partial charge in [0.25, 0.3) is 11.8 Å². The van der Waals surface area contributed by atoms with Crippen LogP contribution in [0, 0.1) is 5.92 Å². The Balaban J connectivity index is 1.20. The van der Waals surface area contributed by atoms with Crippen LogP contribution in [0.25, 0.3) is 0 Å². The SMILES string of the molecule is O=C(N[C@H]1CCCC[C@H]1NC(=O)c1nc2c(s1)CN(CCCO)CC2)C1=CC2C=C(Cl)C=CC2N1. The van der Waals surface area contributed by atoms with E-state index in [2.05, 4.69) is 25.8 Å². The van der Waals surface area contributed by atoms with Crippen molar-refractivity contribution < 1.29 is 14.7 Å². The maximum atomic E-state index is 13.1. The van der Waals surface area contributed by atoms with Crippen molar-refractivity contribution in [1.82, 2.24) is 25.8 Å². The number of fused-ring (bicyclic) bond motifs is 2. The highest BCUT2D eigenvalue weighted by Crippen LogP contribution is 2.28. The number of halogens is 1. The van der Waals surface area contributed by atoms with Gasteiger partial charge in [0, 0.05) is 60.6 Å². The molecule has 4 N–H and O–H groups in total. The van der Waals surface area contributed by atoms with Crippen LogP contribution < -0.4 is 16.0 Å². The van der Waals surface area contributed by atoms with Crippen molar-refractivity contribution in [3.63, 3.8) is 0 Å². The molecule has 0 aromatic carbocycles. The molecule has 1 aromatic heterocycles. The number of aliphatic hydroxyl groups is 1. The van der Waals surface area contributed by atoms with Gasteiger partial charge in [0.1, 0.15) is 0 Å². The van der Waals surface area contributed by atoms with Gasteiger partial charge in [-0.05, 0) is 31.4 Å². The van der Waals surface area contributed by atoms with Crippen LogP contribution in [-0.2, 0) is 17.8 Å². The normalized spacial score (nSPS) is 27.8. The highest BCUT2D eigenvalue weighted by Gasteiger charge is 2.33. The van der Waals surface area contributed by atoms with Crippen molar-refractivity contribution in [1.29, 1.82) is 0 Å². The van der Waals surface area contributed by atoms with E-state index in [-0.39, 0.29) is 42.5 Å². The largest absolute Gasteiger partial charge is 0.396 e. The molecule has 1 aromatic rings. The second-order valence-corrected chi connectivity index (χ2v) is 11.2. The molecule has 4 aliphatic rings. The molecule has 2 aliphatic carbocycles. The smallest absolute Gasteiger partial charge is 0.280 e. The first-order chi connectivity index (χ1) is 17.0. The molecule has 1 saturated carbocycles. The van der Waals surface area contributed by atoms with Crippen LogP contribution >= 0.6 is 22.9 Å². The van der Waals surface area contributed by atoms with Gasteiger partial charge in [0.05, 0.1) is 17.4 Å². The van der Waals surface area contributed by atoms with Crippen LogP contribution in [0.2, 0.25) is 0 Å². The van der Waals surface area contributed by atoms with Gasteiger partial charge in [-0.25, -0.2) is 4.98 Å². The van der Waals surface area contributed by atoms with E-state index in [4.69, 9.17) is 16.7 Å². The number of carbonyl (C=O) groups is 2. The zero-order chi connectivity index (χ0) is 24.4. The summed E-state index contributed by atoms with van der Waals surface area (Å²) in [5.41, 5.74) is 1.57. The van der Waals surface area contributed by atoms with Crippen molar-refractivity contribution in [3.05, 3.63) is 50.6 Å². The number of allylic oxidation sites excluding steroid dienone is 2. The molecular weight excluding hydrogens is 486 g/mol. The Morgan fingerprint density at radius 1 is 1.20 bits per heavy atom. The maximum Gasteiger partial charge on any atom is 0.280 e. The number of aliphatic hydroxyl groups excluding tert-OH is 1. The first-order valence-corrected chi connectivity index (χ1v) is 13.7. The summed E-state index contributed by atoms with van der Waals surface area (Å²) in [6, 6.07) is -0.194. The Morgan fingerprint density at radius 2 is 1.97 bits per heavy atom. The summed E-state index contributed by atoms with van der Waals surface area (Å²) < 4.78 is 0. The lowest BCUT2D eigenvalue weighted by Crippen LogP contribution is -2.54. The molecule has 3 heterocycles. The van der Waals surface area contributed by atoms with Crippen molar-refractivity contribution in [2.75, 3.05) is 19.7 Å². The second-order valence-electron chi connectivity index (χ2n) is 9.68. The van der Waals surface area contributed by atoms with Gasteiger partial charge in [-0.1, -0.05) is 36.6 Å². The molecule has 0 saturated heterocycles. The van der Waals surface area contributed by atoms with Crippen LogP contribution in [0.1, 0.15) is 52.5 Å². The molecule has 2 amide bonds. The van der Waals surface area contributed by atoms with E-state index < -0.39 is 0 Å². The van der Waals surface area contributed by atoms with E-state index in [1.165, 1.54) is 11.3 Å². The minimum atomic E-state index is -0.161. The molecule has 1 fully saturated rings. The third-order valence-electron chi connectivity index (χ3n) is 7.19. The van der Waals surface area contributed by atoms with Crippen LogP contribution in [0.3, 0.4) is 0 Å². The highest BCUT2D eigenvalue weighted by atomic mass is 35.5. The summed E-state index contributed by atoms with van der Waals surface area (Å²) in [5.74, 6) is -0.228. The van der Waals surface area contributed by atoms with E-state index in [1.807, 2.05) is 24.3 Å². The Hall–Kier alpha value is -2.20. The van der Waals surface area contributed by atoms with Crippen molar-refractivity contribution in [3.8, 4) is 0 Å². The fourth-order valence-corrected chi connectivity index (χ4v) is 6.58. The summed E-state index contributed by atoms with van der Waals surface area (Å²) in [6.07, 6.45) is 13.0. The third-order valence-corrected chi connectivity index (χ3v) is 8.52. The van der Waals surface area contributed by atoms with Crippen LogP contribution in [0.5, 0.6) is 0 Å². The van der Waals surface area contributed by atoms with Gasteiger partial charge in [-0.15, -0.1) is 11.3 Å². The second kappa shape index (κ2) is 10.8. The number of aromatic nitrogens is 1. The number of nitrogens with one attached hydrogen (secondary N) is 3. The molecule has 0 radical (unpaired) electrons. The summed E-state index contributed by atoms with van der Waals surface area (Å²) >= 11 is 7.57. The summed E-state index contributed by atoms with van der Waals surface area (Å²) in [6.45, 7) is 2.72. The first kappa shape index (κ1) is 24.5. The molecule has 0 spiro atoms. The third kappa shape index (κ3) is 5.63. The first-order valence-electron chi connectivity index (χ1n) is 12.5. The zero-order valence-electron chi connectivity index (χ0n) is 19.6. The standard InChI is InChI=1S/C25H32ClN5O3S/c26-16-6-7-17-15(12-16)13-21(27-17)23(33)28-18-4-1-2-5-19(18)29-24(34)25-30-20-8-10-31(9-3-11-32)14-22(20)35-25/h6-7,12-13,15,17-19,27,32H,1-5,8-11,14H2,(H,28,33)(H,29,34)/t15?,17?,18-,19+/m0/s1. The van der Waals surface area contributed by atoms with Gasteiger partial charge in [0.15, 0.2) is 5.01 Å². The number of carbonyl (C=O) groups excluding carboxylic acids is 2. The van der Waals surface area contributed by atoms with Gasteiger partial charge >= 0.3 is 0 Å². The van der Waals surface area contributed by atoms with E-state index in [1.54, 1.807) is 0 Å². The lowest BCUT2D eigenvalue weighted by atomic mass is 9.90. The topological polar surface area (TPSA) is 107 Å². The quantitative estimate of drug-likeness (QED) is 0.442. The van der Waals surface area contributed by atoms with Crippen molar-refractivity contribution in [2.45, 2.75) is 63.2 Å². The Morgan fingerprint density at radius 3 is 2.74 bits per heavy atom. The molecule has 2 aliphatic heterocycles. The average molecular weight is 518 g/mol. The summed E-state index contributed by atoms with van der Waals surface area (Å²) in [4.78, 5) is 34.2. The molecule has 0 bridgehead atoms. The van der Waals surface area contributed by atoms with E-state index in [9.17, 15) is 9.59 Å². The van der Waals surface area contributed by atoms with Gasteiger partial charge in [-0.3, -0.25) is 14.5 Å². The minimum Gasteiger partial charge on any atom is -0.396 e. The number of hydrogen-bond acceptors (Lipinski definition) is 7. The van der Waals surface area contributed by atoms with Gasteiger partial charge in [-0.2, -0.15) is 0 Å². The number of rotatable bonds is 7. The summed E-state index contributed by atoms with van der Waals surface area (Å²) in [5, 5.41) is 19.9. The molecule has 188 valence electrons. The zero-order valence-corrected chi connectivity index (χ0v) is 21.2. The molecule has 35 heavy (non-hydrogen) atoms. The maximum absolute atomic E-state index is 13.1. The molecule has 10 heteroatoms. The number of thiazole rings is 1. The van der Waals surface area contributed by atoms with E-state index in [0.29, 0.717) is 15.7 Å². The predicted molar refractivity (Wildman–Crippen MR) is 136 cm³/mol. The van der Waals surface area contributed by atoms with Gasteiger partial charge in [0.2, 0.25) is 0 Å².